The Morgan fingerprint density at radius 3 is 2.66 bits per heavy atom. The average Bonchev–Trinajstić information content (AvgIpc) is 2.78. The summed E-state index contributed by atoms with van der Waals surface area (Å²) < 4.78 is 16.9. The smallest absolute Gasteiger partial charge is 0.257 e. The summed E-state index contributed by atoms with van der Waals surface area (Å²) in [4.78, 5) is 16.2. The first kappa shape index (κ1) is 18.8. The molecule has 1 amide bonds. The molecule has 6 nitrogen and oxygen atoms in total. The van der Waals surface area contributed by atoms with Crippen LogP contribution in [0.2, 0.25) is 0 Å². The quantitative estimate of drug-likeness (QED) is 0.667. The van der Waals surface area contributed by atoms with Crippen molar-refractivity contribution in [2.24, 2.45) is 5.92 Å². The van der Waals surface area contributed by atoms with Crippen LogP contribution < -0.4 is 19.5 Å². The maximum atomic E-state index is 12.1. The van der Waals surface area contributed by atoms with Gasteiger partial charge >= 0.3 is 0 Å². The predicted octanol–water partition coefficient (Wildman–Crippen LogP) is 3.62. The van der Waals surface area contributed by atoms with E-state index in [2.05, 4.69) is 16.4 Å². The molecule has 6 heteroatoms. The normalized spacial score (nSPS) is 15.0. The molecule has 0 aliphatic carbocycles. The molecule has 148 valence electrons. The number of carbonyl (C=O) groups is 1. The molecular weight excluding hydrogens is 368 g/mol. The summed E-state index contributed by atoms with van der Waals surface area (Å²) in [5.74, 6) is 2.82. The highest BCUT2D eigenvalue weighted by atomic mass is 16.5. The Morgan fingerprint density at radius 2 is 1.83 bits per heavy atom. The van der Waals surface area contributed by atoms with Gasteiger partial charge in [0.1, 0.15) is 17.2 Å². The fraction of sp³-hybridized carbons (Fsp3) is 0.217. The number of amides is 1. The van der Waals surface area contributed by atoms with Crippen molar-refractivity contribution in [3.8, 4) is 23.1 Å². The van der Waals surface area contributed by atoms with Gasteiger partial charge in [0.25, 0.3) is 5.91 Å². The second-order valence-electron chi connectivity index (χ2n) is 6.82. The monoisotopic (exact) mass is 390 g/mol. The predicted molar refractivity (Wildman–Crippen MR) is 108 cm³/mol. The zero-order valence-corrected chi connectivity index (χ0v) is 15.9. The number of aromatic nitrogens is 1. The Labute approximate surface area is 169 Å². The van der Waals surface area contributed by atoms with E-state index >= 15 is 0 Å². The summed E-state index contributed by atoms with van der Waals surface area (Å²) >= 11 is 0. The van der Waals surface area contributed by atoms with Crippen LogP contribution in [-0.2, 0) is 11.2 Å². The van der Waals surface area contributed by atoms with E-state index in [9.17, 15) is 4.79 Å². The molecule has 0 fully saturated rings. The van der Waals surface area contributed by atoms with Gasteiger partial charge in [0, 0.05) is 24.7 Å². The van der Waals surface area contributed by atoms with Gasteiger partial charge in [-0.1, -0.05) is 24.3 Å². The van der Waals surface area contributed by atoms with E-state index < -0.39 is 0 Å². The molecule has 1 atom stereocenters. The zero-order chi connectivity index (χ0) is 19.9. The van der Waals surface area contributed by atoms with Crippen molar-refractivity contribution in [1.29, 1.82) is 0 Å². The first-order valence-electron chi connectivity index (χ1n) is 9.55. The molecule has 1 aliphatic heterocycles. The topological polar surface area (TPSA) is 69.7 Å². The maximum absolute atomic E-state index is 12.1. The van der Waals surface area contributed by atoms with Gasteiger partial charge in [-0.05, 0) is 48.4 Å². The number of nitrogens with one attached hydrogen (secondary N) is 1. The van der Waals surface area contributed by atoms with Crippen LogP contribution in [0.5, 0.6) is 23.1 Å². The summed E-state index contributed by atoms with van der Waals surface area (Å²) in [5.41, 5.74) is 1.18. The van der Waals surface area contributed by atoms with Gasteiger partial charge in [-0.3, -0.25) is 4.79 Å². The van der Waals surface area contributed by atoms with E-state index in [0.29, 0.717) is 30.5 Å². The third-order valence-corrected chi connectivity index (χ3v) is 4.60. The van der Waals surface area contributed by atoms with Crippen molar-refractivity contribution < 1.29 is 19.0 Å². The van der Waals surface area contributed by atoms with E-state index in [1.807, 2.05) is 30.3 Å². The minimum atomic E-state index is -0.155. The molecule has 29 heavy (non-hydrogen) atoms. The second-order valence-corrected chi connectivity index (χ2v) is 6.82. The van der Waals surface area contributed by atoms with E-state index in [-0.39, 0.29) is 18.4 Å². The lowest BCUT2D eigenvalue weighted by atomic mass is 9.97. The maximum Gasteiger partial charge on any atom is 0.257 e. The number of pyridine rings is 1. The number of fused-ring (bicyclic) bond motifs is 1. The molecule has 1 N–H and O–H groups in total. The lowest BCUT2D eigenvalue weighted by Crippen LogP contribution is -2.37. The van der Waals surface area contributed by atoms with Gasteiger partial charge in [-0.25, -0.2) is 4.98 Å². The minimum absolute atomic E-state index is 0.0371. The lowest BCUT2D eigenvalue weighted by molar-refractivity contribution is -0.123. The third kappa shape index (κ3) is 5.25. The highest BCUT2D eigenvalue weighted by Gasteiger charge is 2.20. The largest absolute Gasteiger partial charge is 0.493 e. The van der Waals surface area contributed by atoms with E-state index in [4.69, 9.17) is 14.2 Å². The highest BCUT2D eigenvalue weighted by molar-refractivity contribution is 5.77. The third-order valence-electron chi connectivity index (χ3n) is 4.60. The number of hydrogen-bond acceptors (Lipinski definition) is 5. The van der Waals surface area contributed by atoms with Gasteiger partial charge in [0.2, 0.25) is 5.88 Å². The SMILES string of the molecule is O=C(COc1ccc(Oc2ccccn2)cc1)NCC1COc2ccccc2C1. The summed E-state index contributed by atoms with van der Waals surface area (Å²) in [6, 6.07) is 20.6. The van der Waals surface area contributed by atoms with Gasteiger partial charge in [-0.15, -0.1) is 0 Å². The second kappa shape index (κ2) is 9.10. The van der Waals surface area contributed by atoms with Crippen LogP contribution in [0.15, 0.2) is 72.9 Å². The molecule has 0 bridgehead atoms. The first-order chi connectivity index (χ1) is 14.3. The van der Waals surface area contributed by atoms with Crippen LogP contribution in [-0.4, -0.2) is 30.6 Å². The minimum Gasteiger partial charge on any atom is -0.493 e. The summed E-state index contributed by atoms with van der Waals surface area (Å²) in [5, 5.41) is 2.92. The molecule has 0 saturated heterocycles. The average molecular weight is 390 g/mol. The van der Waals surface area contributed by atoms with Crippen LogP contribution in [0, 0.1) is 5.92 Å². The van der Waals surface area contributed by atoms with Gasteiger partial charge in [0.15, 0.2) is 6.61 Å². The number of para-hydroxylation sites is 1. The number of hydrogen-bond donors (Lipinski definition) is 1. The van der Waals surface area contributed by atoms with Crippen LogP contribution in [0.3, 0.4) is 0 Å². The number of nitrogens with zero attached hydrogens (tertiary/aromatic N) is 1. The Morgan fingerprint density at radius 1 is 1.03 bits per heavy atom. The van der Waals surface area contributed by atoms with Crippen molar-refractivity contribution in [2.45, 2.75) is 6.42 Å². The van der Waals surface area contributed by atoms with Crippen LogP contribution in [0.4, 0.5) is 0 Å². The van der Waals surface area contributed by atoms with Crippen molar-refractivity contribution in [2.75, 3.05) is 19.8 Å². The van der Waals surface area contributed by atoms with E-state index in [1.54, 1.807) is 36.5 Å². The number of rotatable bonds is 7. The standard InChI is InChI=1S/C23H22N2O4/c26-22(25-14-17-13-18-5-1-2-6-21(18)28-15-17)16-27-19-8-10-20(11-9-19)29-23-7-3-4-12-24-23/h1-12,17H,13-16H2,(H,25,26). The number of benzene rings is 2. The Hall–Kier alpha value is -3.54. The van der Waals surface area contributed by atoms with Crippen LogP contribution >= 0.6 is 0 Å². The molecule has 2 heterocycles. The Bertz CT molecular complexity index is 945. The van der Waals surface area contributed by atoms with Crippen molar-refractivity contribution in [1.82, 2.24) is 10.3 Å². The van der Waals surface area contributed by atoms with Gasteiger partial charge in [-0.2, -0.15) is 0 Å². The molecular formula is C23H22N2O4. The summed E-state index contributed by atoms with van der Waals surface area (Å²) in [7, 11) is 0. The first-order valence-corrected chi connectivity index (χ1v) is 9.55. The van der Waals surface area contributed by atoms with Crippen LogP contribution in [0.25, 0.3) is 0 Å². The van der Waals surface area contributed by atoms with Gasteiger partial charge in [0.05, 0.1) is 6.61 Å². The fourth-order valence-electron chi connectivity index (χ4n) is 3.11. The molecule has 1 aliphatic rings. The molecule has 0 saturated carbocycles. The number of ether oxygens (including phenoxy) is 3. The lowest BCUT2D eigenvalue weighted by Gasteiger charge is -2.25. The molecule has 0 spiro atoms. The molecule has 1 unspecified atom stereocenters. The van der Waals surface area contributed by atoms with Crippen molar-refractivity contribution >= 4 is 5.91 Å². The Kier molecular flexibility index (Phi) is 5.90. The summed E-state index contributed by atoms with van der Waals surface area (Å²) in [6.45, 7) is 1.13. The zero-order valence-electron chi connectivity index (χ0n) is 15.9. The summed E-state index contributed by atoms with van der Waals surface area (Å²) in [6.07, 6.45) is 2.57. The van der Waals surface area contributed by atoms with Crippen molar-refractivity contribution in [3.63, 3.8) is 0 Å². The Balaban J connectivity index is 1.20. The van der Waals surface area contributed by atoms with E-state index in [1.165, 1.54) is 5.56 Å². The number of carbonyl (C=O) groups excluding carboxylic acids is 1. The molecule has 1 aromatic heterocycles. The molecule has 0 radical (unpaired) electrons. The van der Waals surface area contributed by atoms with Crippen LogP contribution in [0.1, 0.15) is 5.56 Å². The van der Waals surface area contributed by atoms with Crippen molar-refractivity contribution in [3.05, 3.63) is 78.5 Å². The van der Waals surface area contributed by atoms with E-state index in [0.717, 1.165) is 12.2 Å². The molecule has 3 aromatic rings. The van der Waals surface area contributed by atoms with Gasteiger partial charge < -0.3 is 19.5 Å². The highest BCUT2D eigenvalue weighted by Crippen LogP contribution is 2.26. The molecule has 2 aromatic carbocycles. The molecule has 4 rings (SSSR count). The fourth-order valence-corrected chi connectivity index (χ4v) is 3.11.